The smallest absolute Gasteiger partial charge is 0.254 e. The summed E-state index contributed by atoms with van der Waals surface area (Å²) in [7, 11) is 0. The molecule has 4 atom stereocenters. The van der Waals surface area contributed by atoms with E-state index in [4.69, 9.17) is 19.7 Å². The third-order valence-electron chi connectivity index (χ3n) is 3.79. The lowest BCUT2D eigenvalue weighted by atomic mass is 10.1. The average Bonchev–Trinajstić information content (AvgIpc) is 2.99. The molecule has 1 heterocycles. The first kappa shape index (κ1) is 29.3. The van der Waals surface area contributed by atoms with Gasteiger partial charge >= 0.3 is 0 Å². The Labute approximate surface area is 170 Å². The van der Waals surface area contributed by atoms with Crippen LogP contribution in [0.1, 0.15) is 21.8 Å². The first-order chi connectivity index (χ1) is 12.8. The van der Waals surface area contributed by atoms with Gasteiger partial charge in [0.2, 0.25) is 5.91 Å². The standard InChI is InChI=1S/C16H26N2O9.2CH4/c1-10(18-13(22)2-3-14(18)23)16(25)17-4-5-26-6-7-27-9-12(21)15(24)11(20)8-19;;/h2-3,10-12,15,19-21,24H,4-9H2,1H3,(H,17,25);2*1H4. The van der Waals surface area contributed by atoms with E-state index >= 15 is 0 Å². The lowest BCUT2D eigenvalue weighted by Crippen LogP contribution is -2.48. The molecule has 1 aliphatic heterocycles. The van der Waals surface area contributed by atoms with Crippen LogP contribution >= 0.6 is 0 Å². The zero-order valence-electron chi connectivity index (χ0n) is 15.0. The summed E-state index contributed by atoms with van der Waals surface area (Å²) >= 11 is 0. The van der Waals surface area contributed by atoms with E-state index in [0.717, 1.165) is 17.1 Å². The second-order valence-corrected chi connectivity index (χ2v) is 5.84. The van der Waals surface area contributed by atoms with Crippen LogP contribution in [-0.2, 0) is 23.9 Å². The molecule has 0 saturated carbocycles. The fraction of sp³-hybridized carbons (Fsp3) is 0.722. The van der Waals surface area contributed by atoms with E-state index < -0.39 is 48.7 Å². The fourth-order valence-electron chi connectivity index (χ4n) is 2.19. The topological polar surface area (TPSA) is 166 Å². The van der Waals surface area contributed by atoms with Crippen molar-refractivity contribution in [2.75, 3.05) is 39.6 Å². The predicted octanol–water partition coefficient (Wildman–Crippen LogP) is -2.20. The molecule has 11 nitrogen and oxygen atoms in total. The summed E-state index contributed by atoms with van der Waals surface area (Å²) in [6.45, 7) is 1.10. The van der Waals surface area contributed by atoms with E-state index in [1.807, 2.05) is 0 Å². The van der Waals surface area contributed by atoms with E-state index in [1.165, 1.54) is 6.92 Å². The summed E-state index contributed by atoms with van der Waals surface area (Å²) in [6.07, 6.45) is -2.10. The molecule has 0 aliphatic carbocycles. The number of aliphatic hydroxyl groups is 4. The number of ether oxygens (including phenoxy) is 2. The number of imide groups is 1. The maximum Gasteiger partial charge on any atom is 0.254 e. The van der Waals surface area contributed by atoms with Gasteiger partial charge in [-0.2, -0.15) is 0 Å². The molecular weight excluding hydrogens is 388 g/mol. The Morgan fingerprint density at radius 2 is 1.59 bits per heavy atom. The van der Waals surface area contributed by atoms with E-state index in [9.17, 15) is 24.6 Å². The molecule has 0 fully saturated rings. The van der Waals surface area contributed by atoms with Gasteiger partial charge in [0.15, 0.2) is 0 Å². The predicted molar refractivity (Wildman–Crippen MR) is 104 cm³/mol. The first-order valence-corrected chi connectivity index (χ1v) is 8.43. The quantitative estimate of drug-likeness (QED) is 0.163. The zero-order chi connectivity index (χ0) is 20.4. The van der Waals surface area contributed by atoms with Gasteiger partial charge in [-0.15, -0.1) is 0 Å². The van der Waals surface area contributed by atoms with E-state index in [2.05, 4.69) is 5.32 Å². The Kier molecular flexibility index (Phi) is 15.2. The van der Waals surface area contributed by atoms with Crippen molar-refractivity contribution in [1.29, 1.82) is 0 Å². The molecule has 0 radical (unpaired) electrons. The van der Waals surface area contributed by atoms with Crippen molar-refractivity contribution in [1.82, 2.24) is 10.2 Å². The van der Waals surface area contributed by atoms with E-state index in [0.29, 0.717) is 0 Å². The number of nitrogens with one attached hydrogen (secondary N) is 1. The van der Waals surface area contributed by atoms with Gasteiger partial charge in [0.1, 0.15) is 24.4 Å². The summed E-state index contributed by atoms with van der Waals surface area (Å²) in [5.74, 6) is -1.55. The van der Waals surface area contributed by atoms with Crippen molar-refractivity contribution < 1.29 is 44.3 Å². The second-order valence-electron chi connectivity index (χ2n) is 5.84. The van der Waals surface area contributed by atoms with Crippen molar-refractivity contribution in [3.63, 3.8) is 0 Å². The number of carbonyl (C=O) groups is 3. The van der Waals surface area contributed by atoms with Crippen molar-refractivity contribution >= 4 is 17.7 Å². The normalized spacial score (nSPS) is 17.2. The minimum absolute atomic E-state index is 0. The number of nitrogens with zero attached hydrogens (tertiary/aromatic N) is 1. The number of hydrogen-bond donors (Lipinski definition) is 5. The van der Waals surface area contributed by atoms with Crippen LogP contribution in [-0.4, -0.2) is 107 Å². The molecular formula is C18H34N2O9. The first-order valence-electron chi connectivity index (χ1n) is 8.43. The number of hydrogen-bond acceptors (Lipinski definition) is 9. The number of carbonyl (C=O) groups excluding carboxylic acids is 3. The summed E-state index contributed by atoms with van der Waals surface area (Å²) in [6, 6.07) is -0.925. The molecule has 0 aromatic rings. The molecule has 29 heavy (non-hydrogen) atoms. The summed E-state index contributed by atoms with van der Waals surface area (Å²) in [5.41, 5.74) is 0. The number of amides is 3. The molecule has 0 saturated heterocycles. The van der Waals surface area contributed by atoms with Gasteiger partial charge in [0.25, 0.3) is 11.8 Å². The molecule has 0 aromatic heterocycles. The van der Waals surface area contributed by atoms with Crippen LogP contribution in [0, 0.1) is 0 Å². The summed E-state index contributed by atoms with van der Waals surface area (Å²) in [5, 5.41) is 39.3. The largest absolute Gasteiger partial charge is 0.394 e. The summed E-state index contributed by atoms with van der Waals surface area (Å²) < 4.78 is 10.3. The summed E-state index contributed by atoms with van der Waals surface area (Å²) in [4.78, 5) is 35.8. The van der Waals surface area contributed by atoms with Crippen LogP contribution in [0.15, 0.2) is 12.2 Å². The molecule has 3 amide bonds. The van der Waals surface area contributed by atoms with Crippen LogP contribution < -0.4 is 5.32 Å². The molecule has 0 spiro atoms. The molecule has 4 unspecified atom stereocenters. The molecule has 1 rings (SSSR count). The fourth-order valence-corrected chi connectivity index (χ4v) is 2.19. The van der Waals surface area contributed by atoms with Crippen LogP contribution in [0.2, 0.25) is 0 Å². The lowest BCUT2D eigenvalue weighted by Gasteiger charge is -2.21. The van der Waals surface area contributed by atoms with E-state index in [-0.39, 0.29) is 47.8 Å². The zero-order valence-corrected chi connectivity index (χ0v) is 15.0. The van der Waals surface area contributed by atoms with Gasteiger partial charge in [0.05, 0.1) is 33.0 Å². The highest BCUT2D eigenvalue weighted by atomic mass is 16.5. The molecule has 11 heteroatoms. The Hall–Kier alpha value is -1.89. The van der Waals surface area contributed by atoms with Gasteiger partial charge in [-0.25, -0.2) is 0 Å². The minimum atomic E-state index is -1.52. The van der Waals surface area contributed by atoms with Gasteiger partial charge in [-0.1, -0.05) is 14.9 Å². The van der Waals surface area contributed by atoms with Gasteiger partial charge < -0.3 is 35.2 Å². The maximum absolute atomic E-state index is 11.9. The van der Waals surface area contributed by atoms with Crippen LogP contribution in [0.5, 0.6) is 0 Å². The number of aliphatic hydroxyl groups excluding tert-OH is 4. The van der Waals surface area contributed by atoms with Crippen LogP contribution in [0.4, 0.5) is 0 Å². The van der Waals surface area contributed by atoms with Crippen molar-refractivity contribution in [3.8, 4) is 0 Å². The van der Waals surface area contributed by atoms with Gasteiger partial charge in [-0.05, 0) is 6.92 Å². The van der Waals surface area contributed by atoms with Gasteiger partial charge in [-0.3, -0.25) is 19.3 Å². The highest BCUT2D eigenvalue weighted by Gasteiger charge is 2.32. The Balaban J connectivity index is 0. The minimum Gasteiger partial charge on any atom is -0.394 e. The highest BCUT2D eigenvalue weighted by Crippen LogP contribution is 2.08. The molecule has 0 aromatic carbocycles. The van der Waals surface area contributed by atoms with Gasteiger partial charge in [0, 0.05) is 18.7 Å². The van der Waals surface area contributed by atoms with E-state index in [1.54, 1.807) is 0 Å². The third kappa shape index (κ3) is 9.43. The Bertz CT molecular complexity index is 523. The monoisotopic (exact) mass is 422 g/mol. The SMILES string of the molecule is C.C.CC(C(=O)NCCOCCOCC(O)C(O)C(O)CO)N1C(=O)C=CC1=O. The van der Waals surface area contributed by atoms with Crippen LogP contribution in [0.3, 0.4) is 0 Å². The second kappa shape index (κ2) is 15.0. The molecule has 5 N–H and O–H groups in total. The van der Waals surface area contributed by atoms with Crippen molar-refractivity contribution in [3.05, 3.63) is 12.2 Å². The molecule has 0 bridgehead atoms. The third-order valence-corrected chi connectivity index (χ3v) is 3.79. The molecule has 170 valence electrons. The van der Waals surface area contributed by atoms with Crippen molar-refractivity contribution in [2.45, 2.75) is 46.1 Å². The average molecular weight is 422 g/mol. The molecule has 1 aliphatic rings. The van der Waals surface area contributed by atoms with Crippen LogP contribution in [0.25, 0.3) is 0 Å². The lowest BCUT2D eigenvalue weighted by molar-refractivity contribution is -0.144. The number of rotatable bonds is 13. The Morgan fingerprint density at radius 3 is 2.14 bits per heavy atom. The maximum atomic E-state index is 11.9. The van der Waals surface area contributed by atoms with Crippen molar-refractivity contribution in [2.24, 2.45) is 0 Å². The Morgan fingerprint density at radius 1 is 1.03 bits per heavy atom. The highest BCUT2D eigenvalue weighted by molar-refractivity contribution is 6.15.